The molecule has 1 aromatic heterocycles. The van der Waals surface area contributed by atoms with E-state index in [2.05, 4.69) is 24.0 Å². The summed E-state index contributed by atoms with van der Waals surface area (Å²) in [5.74, 6) is -0.435. The van der Waals surface area contributed by atoms with Crippen molar-refractivity contribution >= 4 is 43.6 Å². The number of sulfonamides is 1. The van der Waals surface area contributed by atoms with Crippen LogP contribution >= 0.6 is 11.3 Å². The topological polar surface area (TPSA) is 101 Å². The number of carbonyl (C=O) groups excluding carboxylic acids is 2. The van der Waals surface area contributed by atoms with Crippen LogP contribution in [-0.4, -0.2) is 67.0 Å². The van der Waals surface area contributed by atoms with Crippen LogP contribution in [-0.2, 0) is 28.2 Å². The second-order valence-electron chi connectivity index (χ2n) is 8.13. The van der Waals surface area contributed by atoms with Crippen molar-refractivity contribution in [3.63, 3.8) is 0 Å². The number of ether oxygens (including phenoxy) is 1. The van der Waals surface area contributed by atoms with Crippen LogP contribution in [0.5, 0.6) is 0 Å². The number of nitrogens with zero attached hydrogens (tertiary/aromatic N) is 4. The Morgan fingerprint density at radius 2 is 1.71 bits per heavy atom. The molecule has 1 fully saturated rings. The zero-order valence-corrected chi connectivity index (χ0v) is 21.6. The highest BCUT2D eigenvalue weighted by Gasteiger charge is 2.30. The Morgan fingerprint density at radius 3 is 2.34 bits per heavy atom. The van der Waals surface area contributed by atoms with Crippen LogP contribution in [0.4, 0.5) is 4.79 Å². The Labute approximate surface area is 208 Å². The molecule has 0 unspecified atom stereocenters. The van der Waals surface area contributed by atoms with E-state index in [0.717, 1.165) is 16.6 Å². The van der Waals surface area contributed by atoms with E-state index in [1.807, 2.05) is 17.7 Å². The van der Waals surface area contributed by atoms with Crippen LogP contribution in [0.25, 0.3) is 10.2 Å². The monoisotopic (exact) mass is 516 g/mol. The van der Waals surface area contributed by atoms with Crippen LogP contribution in [0.1, 0.15) is 29.8 Å². The molecule has 11 heteroatoms. The van der Waals surface area contributed by atoms with Gasteiger partial charge in [-0.1, -0.05) is 24.3 Å². The lowest BCUT2D eigenvalue weighted by Gasteiger charge is -2.33. The number of aromatic nitrogens is 1. The van der Waals surface area contributed by atoms with Crippen LogP contribution in [0.3, 0.4) is 0 Å². The summed E-state index contributed by atoms with van der Waals surface area (Å²) in [7, 11) is -1.88. The van der Waals surface area contributed by atoms with Gasteiger partial charge in [0.2, 0.25) is 10.0 Å². The van der Waals surface area contributed by atoms with E-state index >= 15 is 0 Å². The van der Waals surface area contributed by atoms with Crippen molar-refractivity contribution in [2.24, 2.45) is 12.0 Å². The zero-order chi connectivity index (χ0) is 25.2. The zero-order valence-electron chi connectivity index (χ0n) is 19.9. The van der Waals surface area contributed by atoms with Crippen LogP contribution < -0.4 is 4.80 Å². The van der Waals surface area contributed by atoms with Crippen LogP contribution in [0.15, 0.2) is 52.4 Å². The molecule has 0 aliphatic carbocycles. The number of benzene rings is 2. The molecule has 0 bridgehead atoms. The first kappa shape index (κ1) is 25.1. The standard InChI is InChI=1S/C24H28N4O5S2/c1-4-17-6-11-20-21(16-17)34-23(26(20)3)25-22(29)18-7-9-19(10-8-18)35(31,32)28-14-12-27(13-15-28)24(30)33-5-2/h6-11,16H,4-5,12-15H2,1-3H3. The van der Waals surface area contributed by atoms with Crippen molar-refractivity contribution in [3.05, 3.63) is 58.4 Å². The van der Waals surface area contributed by atoms with Gasteiger partial charge in [0.25, 0.3) is 5.91 Å². The molecule has 2 heterocycles. The van der Waals surface area contributed by atoms with Gasteiger partial charge < -0.3 is 14.2 Å². The molecular formula is C24H28N4O5S2. The van der Waals surface area contributed by atoms with Crippen molar-refractivity contribution < 1.29 is 22.7 Å². The lowest BCUT2D eigenvalue weighted by molar-refractivity contribution is 0.0933. The SMILES string of the molecule is CCOC(=O)N1CCN(S(=O)(=O)c2ccc(C(=O)N=c3sc4cc(CC)ccc4n3C)cc2)CC1. The number of thiazole rings is 1. The summed E-state index contributed by atoms with van der Waals surface area (Å²) in [5.41, 5.74) is 2.53. The summed E-state index contributed by atoms with van der Waals surface area (Å²) < 4.78 is 35.3. The molecule has 9 nitrogen and oxygen atoms in total. The fraction of sp³-hybridized carbons (Fsp3) is 0.375. The first-order valence-electron chi connectivity index (χ1n) is 11.4. The lowest BCUT2D eigenvalue weighted by Crippen LogP contribution is -2.50. The maximum atomic E-state index is 13.0. The number of carbonyl (C=O) groups is 2. The Morgan fingerprint density at radius 1 is 1.03 bits per heavy atom. The molecule has 35 heavy (non-hydrogen) atoms. The predicted octanol–water partition coefficient (Wildman–Crippen LogP) is 3.01. The number of fused-ring (bicyclic) bond motifs is 1. The lowest BCUT2D eigenvalue weighted by atomic mass is 10.2. The molecule has 3 aromatic rings. The van der Waals surface area contributed by atoms with Gasteiger partial charge in [0.05, 0.1) is 21.7 Å². The van der Waals surface area contributed by atoms with Gasteiger partial charge in [-0.05, 0) is 55.3 Å². The number of aryl methyl sites for hydroxylation is 2. The number of hydrogen-bond acceptors (Lipinski definition) is 6. The number of rotatable bonds is 5. The smallest absolute Gasteiger partial charge is 0.409 e. The second-order valence-corrected chi connectivity index (χ2v) is 11.1. The quantitative estimate of drug-likeness (QED) is 0.519. The highest BCUT2D eigenvalue weighted by molar-refractivity contribution is 7.89. The third-order valence-corrected chi connectivity index (χ3v) is 8.99. The van der Waals surface area contributed by atoms with Crippen molar-refractivity contribution in [3.8, 4) is 0 Å². The largest absolute Gasteiger partial charge is 0.450 e. The van der Waals surface area contributed by atoms with Gasteiger partial charge in [-0.3, -0.25) is 4.79 Å². The Hall–Kier alpha value is -3.02. The molecule has 2 amide bonds. The fourth-order valence-electron chi connectivity index (χ4n) is 3.90. The highest BCUT2D eigenvalue weighted by atomic mass is 32.2. The molecule has 0 N–H and O–H groups in total. The molecule has 0 radical (unpaired) electrons. The van der Waals surface area contributed by atoms with Gasteiger partial charge in [-0.25, -0.2) is 13.2 Å². The van der Waals surface area contributed by atoms with Crippen molar-refractivity contribution in [2.75, 3.05) is 32.8 Å². The van der Waals surface area contributed by atoms with Crippen LogP contribution in [0.2, 0.25) is 0 Å². The van der Waals surface area contributed by atoms with Gasteiger partial charge in [-0.2, -0.15) is 9.30 Å². The molecule has 186 valence electrons. The summed E-state index contributed by atoms with van der Waals surface area (Å²) in [6.45, 7) is 4.98. The molecule has 1 aliphatic rings. The molecule has 2 aromatic carbocycles. The van der Waals surface area contributed by atoms with E-state index in [-0.39, 0.29) is 37.7 Å². The summed E-state index contributed by atoms with van der Waals surface area (Å²) in [6.07, 6.45) is 0.494. The van der Waals surface area contributed by atoms with Gasteiger partial charge in [0.1, 0.15) is 0 Å². The predicted molar refractivity (Wildman–Crippen MR) is 134 cm³/mol. The summed E-state index contributed by atoms with van der Waals surface area (Å²) in [5, 5.41) is 0. The number of amides is 2. The highest BCUT2D eigenvalue weighted by Crippen LogP contribution is 2.20. The normalized spacial score (nSPS) is 15.5. The number of hydrogen-bond donors (Lipinski definition) is 0. The fourth-order valence-corrected chi connectivity index (χ4v) is 6.40. The molecule has 1 aliphatic heterocycles. The van der Waals surface area contributed by atoms with E-state index in [1.54, 1.807) is 6.92 Å². The molecule has 4 rings (SSSR count). The first-order chi connectivity index (χ1) is 16.7. The van der Waals surface area contributed by atoms with E-state index in [9.17, 15) is 18.0 Å². The molecule has 0 saturated carbocycles. The van der Waals surface area contributed by atoms with E-state index in [0.29, 0.717) is 10.4 Å². The molecule has 1 saturated heterocycles. The molecular weight excluding hydrogens is 488 g/mol. The van der Waals surface area contributed by atoms with Gasteiger partial charge in [0.15, 0.2) is 4.80 Å². The number of piperazine rings is 1. The minimum Gasteiger partial charge on any atom is -0.450 e. The summed E-state index contributed by atoms with van der Waals surface area (Å²) >= 11 is 1.44. The minimum absolute atomic E-state index is 0.0955. The van der Waals surface area contributed by atoms with Crippen LogP contribution in [0, 0.1) is 0 Å². The maximum Gasteiger partial charge on any atom is 0.409 e. The van der Waals surface area contributed by atoms with Crippen molar-refractivity contribution in [1.82, 2.24) is 13.8 Å². The van der Waals surface area contributed by atoms with E-state index in [1.165, 1.54) is 50.4 Å². The minimum atomic E-state index is -3.74. The van der Waals surface area contributed by atoms with Crippen molar-refractivity contribution in [1.29, 1.82) is 0 Å². The van der Waals surface area contributed by atoms with E-state index in [4.69, 9.17) is 4.74 Å². The second kappa shape index (κ2) is 10.3. The Bertz CT molecular complexity index is 1420. The molecule has 0 spiro atoms. The maximum absolute atomic E-state index is 13.0. The third-order valence-electron chi connectivity index (χ3n) is 5.98. The summed E-state index contributed by atoms with van der Waals surface area (Å²) in [6, 6.07) is 12.0. The van der Waals surface area contributed by atoms with Gasteiger partial charge >= 0.3 is 6.09 Å². The summed E-state index contributed by atoms with van der Waals surface area (Å²) in [4.78, 5) is 31.1. The molecule has 0 atom stereocenters. The Kier molecular flexibility index (Phi) is 7.39. The third kappa shape index (κ3) is 5.16. The average molecular weight is 517 g/mol. The Balaban J connectivity index is 1.50. The first-order valence-corrected chi connectivity index (χ1v) is 13.7. The van der Waals surface area contributed by atoms with E-state index < -0.39 is 22.0 Å². The van der Waals surface area contributed by atoms with Gasteiger partial charge in [0, 0.05) is 38.8 Å². The van der Waals surface area contributed by atoms with Crippen molar-refractivity contribution in [2.45, 2.75) is 25.2 Å². The average Bonchev–Trinajstić information content (AvgIpc) is 3.18. The van der Waals surface area contributed by atoms with Gasteiger partial charge in [-0.15, -0.1) is 0 Å².